The molecule has 0 saturated heterocycles. The molecule has 0 aromatic rings. The highest BCUT2D eigenvalue weighted by Crippen LogP contribution is 1.89. The summed E-state index contributed by atoms with van der Waals surface area (Å²) in [6, 6.07) is 0. The monoisotopic (exact) mass is 169 g/mol. The van der Waals surface area contributed by atoms with Crippen LogP contribution in [0.2, 0.25) is 0 Å². The van der Waals surface area contributed by atoms with Gasteiger partial charge in [0.25, 0.3) is 0 Å². The Kier molecular flexibility index (Phi) is 4.04. The Balaban J connectivity index is 3.39. The SMILES string of the molecule is O=C(O)CONC(=O)C(F)F. The van der Waals surface area contributed by atoms with Crippen LogP contribution in [0.3, 0.4) is 0 Å². The Morgan fingerprint density at radius 2 is 2.09 bits per heavy atom. The zero-order valence-electron chi connectivity index (χ0n) is 5.21. The van der Waals surface area contributed by atoms with E-state index in [1.807, 2.05) is 0 Å². The van der Waals surface area contributed by atoms with Crippen LogP contribution in [0.5, 0.6) is 0 Å². The van der Waals surface area contributed by atoms with Gasteiger partial charge in [0.15, 0.2) is 6.61 Å². The van der Waals surface area contributed by atoms with E-state index in [0.29, 0.717) is 0 Å². The van der Waals surface area contributed by atoms with Crippen LogP contribution in [0.4, 0.5) is 8.78 Å². The summed E-state index contributed by atoms with van der Waals surface area (Å²) in [7, 11) is 0. The summed E-state index contributed by atoms with van der Waals surface area (Å²) in [5.74, 6) is -3.02. The molecule has 0 aliphatic rings. The van der Waals surface area contributed by atoms with E-state index in [1.165, 1.54) is 5.48 Å². The van der Waals surface area contributed by atoms with Gasteiger partial charge in [0.05, 0.1) is 0 Å². The third-order valence-electron chi connectivity index (χ3n) is 0.567. The van der Waals surface area contributed by atoms with Crippen molar-refractivity contribution in [1.29, 1.82) is 0 Å². The molecule has 11 heavy (non-hydrogen) atoms. The number of halogens is 2. The number of carbonyl (C=O) groups excluding carboxylic acids is 1. The number of carboxylic acids is 1. The summed E-state index contributed by atoms with van der Waals surface area (Å²) in [5, 5.41) is 7.90. The molecule has 0 aromatic heterocycles. The molecule has 0 spiro atoms. The normalized spacial score (nSPS) is 9.73. The zero-order valence-corrected chi connectivity index (χ0v) is 5.21. The van der Waals surface area contributed by atoms with E-state index < -0.39 is 24.9 Å². The molecule has 0 aliphatic heterocycles. The quantitative estimate of drug-likeness (QED) is 0.550. The van der Waals surface area contributed by atoms with E-state index in [2.05, 4.69) is 4.84 Å². The number of carboxylic acid groups (broad SMARTS) is 1. The maximum absolute atomic E-state index is 11.3. The lowest BCUT2D eigenvalue weighted by Gasteiger charge is -2.00. The smallest absolute Gasteiger partial charge is 0.332 e. The zero-order chi connectivity index (χ0) is 8.85. The Hall–Kier alpha value is -1.24. The van der Waals surface area contributed by atoms with Gasteiger partial charge in [0, 0.05) is 0 Å². The lowest BCUT2D eigenvalue weighted by atomic mass is 10.7. The number of rotatable bonds is 4. The van der Waals surface area contributed by atoms with Gasteiger partial charge in [0.2, 0.25) is 0 Å². The van der Waals surface area contributed by atoms with Crippen molar-refractivity contribution < 1.29 is 28.3 Å². The predicted octanol–water partition coefficient (Wildman–Crippen LogP) is -0.616. The maximum Gasteiger partial charge on any atom is 0.332 e. The second-order valence-corrected chi connectivity index (χ2v) is 1.45. The molecular formula is C4H5F2NO4. The molecule has 5 nitrogen and oxygen atoms in total. The molecule has 0 fully saturated rings. The molecule has 0 aromatic carbocycles. The molecule has 0 saturated carbocycles. The van der Waals surface area contributed by atoms with Gasteiger partial charge >= 0.3 is 18.3 Å². The summed E-state index contributed by atoms with van der Waals surface area (Å²) in [5.41, 5.74) is 1.24. The van der Waals surface area contributed by atoms with Crippen molar-refractivity contribution in [3.63, 3.8) is 0 Å². The number of hydrogen-bond acceptors (Lipinski definition) is 3. The largest absolute Gasteiger partial charge is 0.479 e. The van der Waals surface area contributed by atoms with Crippen molar-refractivity contribution in [2.75, 3.05) is 6.61 Å². The van der Waals surface area contributed by atoms with Gasteiger partial charge in [-0.05, 0) is 0 Å². The Morgan fingerprint density at radius 1 is 1.55 bits per heavy atom. The second-order valence-electron chi connectivity index (χ2n) is 1.45. The number of nitrogens with one attached hydrogen (secondary N) is 1. The molecule has 0 rings (SSSR count). The molecule has 7 heteroatoms. The highest BCUT2D eigenvalue weighted by Gasteiger charge is 2.14. The van der Waals surface area contributed by atoms with Crippen molar-refractivity contribution >= 4 is 11.9 Å². The fraction of sp³-hybridized carbons (Fsp3) is 0.500. The van der Waals surface area contributed by atoms with Gasteiger partial charge in [-0.2, -0.15) is 8.78 Å². The average molecular weight is 169 g/mol. The topological polar surface area (TPSA) is 75.6 Å². The third kappa shape index (κ3) is 5.22. The van der Waals surface area contributed by atoms with Crippen LogP contribution < -0.4 is 5.48 Å². The van der Waals surface area contributed by atoms with Crippen LogP contribution in [0.1, 0.15) is 0 Å². The van der Waals surface area contributed by atoms with Gasteiger partial charge < -0.3 is 5.11 Å². The summed E-state index contributed by atoms with van der Waals surface area (Å²) < 4.78 is 22.6. The summed E-state index contributed by atoms with van der Waals surface area (Å²) >= 11 is 0. The lowest BCUT2D eigenvalue weighted by Crippen LogP contribution is -2.31. The molecule has 64 valence electrons. The van der Waals surface area contributed by atoms with Crippen LogP contribution in [0.25, 0.3) is 0 Å². The van der Waals surface area contributed by atoms with Gasteiger partial charge in [0.1, 0.15) is 0 Å². The highest BCUT2D eigenvalue weighted by molar-refractivity contribution is 5.78. The van der Waals surface area contributed by atoms with Crippen LogP contribution in [-0.2, 0) is 14.4 Å². The standard InChI is InChI=1S/C4H5F2NO4/c5-3(6)4(10)7-11-1-2(8)9/h3H,1H2,(H,7,10)(H,8,9). The molecule has 0 radical (unpaired) electrons. The Labute approximate surface area is 59.9 Å². The minimum Gasteiger partial charge on any atom is -0.479 e. The molecule has 1 amide bonds. The van der Waals surface area contributed by atoms with Crippen LogP contribution in [-0.4, -0.2) is 30.0 Å². The molecule has 0 unspecified atom stereocenters. The first-order valence-electron chi connectivity index (χ1n) is 2.45. The minimum atomic E-state index is -3.20. The van der Waals surface area contributed by atoms with Crippen molar-refractivity contribution in [3.05, 3.63) is 0 Å². The number of amides is 1. The van der Waals surface area contributed by atoms with Crippen molar-refractivity contribution in [1.82, 2.24) is 5.48 Å². The van der Waals surface area contributed by atoms with Crippen molar-refractivity contribution in [3.8, 4) is 0 Å². The molecule has 0 atom stereocenters. The van der Waals surface area contributed by atoms with E-state index in [0.717, 1.165) is 0 Å². The fourth-order valence-electron chi connectivity index (χ4n) is 0.213. The fourth-order valence-corrected chi connectivity index (χ4v) is 0.213. The van der Waals surface area contributed by atoms with Crippen LogP contribution in [0, 0.1) is 0 Å². The van der Waals surface area contributed by atoms with E-state index in [9.17, 15) is 18.4 Å². The highest BCUT2D eigenvalue weighted by atomic mass is 19.3. The van der Waals surface area contributed by atoms with E-state index in [4.69, 9.17) is 5.11 Å². The van der Waals surface area contributed by atoms with E-state index in [1.54, 1.807) is 0 Å². The van der Waals surface area contributed by atoms with Crippen LogP contribution >= 0.6 is 0 Å². The first-order valence-corrected chi connectivity index (χ1v) is 2.45. The number of aliphatic carboxylic acids is 1. The first-order chi connectivity index (χ1) is 5.04. The molecule has 2 N–H and O–H groups in total. The van der Waals surface area contributed by atoms with E-state index in [-0.39, 0.29) is 0 Å². The van der Waals surface area contributed by atoms with Gasteiger partial charge in [-0.1, -0.05) is 0 Å². The van der Waals surface area contributed by atoms with Crippen molar-refractivity contribution in [2.45, 2.75) is 6.43 Å². The van der Waals surface area contributed by atoms with Crippen molar-refractivity contribution in [2.24, 2.45) is 0 Å². The van der Waals surface area contributed by atoms with E-state index >= 15 is 0 Å². The molecular weight excluding hydrogens is 164 g/mol. The molecule has 0 aliphatic carbocycles. The second kappa shape index (κ2) is 4.56. The lowest BCUT2D eigenvalue weighted by molar-refractivity contribution is -0.154. The third-order valence-corrected chi connectivity index (χ3v) is 0.567. The van der Waals surface area contributed by atoms with Gasteiger partial charge in [-0.15, -0.1) is 0 Å². The number of hydroxylamine groups is 1. The molecule has 0 bridgehead atoms. The first kappa shape index (κ1) is 9.76. The Morgan fingerprint density at radius 3 is 2.45 bits per heavy atom. The summed E-state index contributed by atoms with van der Waals surface area (Å²) in [4.78, 5) is 23.5. The summed E-state index contributed by atoms with van der Waals surface area (Å²) in [6.07, 6.45) is -3.20. The number of alkyl halides is 2. The van der Waals surface area contributed by atoms with Gasteiger partial charge in [-0.25, -0.2) is 10.3 Å². The predicted molar refractivity (Wildman–Crippen MR) is 27.7 cm³/mol. The van der Waals surface area contributed by atoms with Crippen LogP contribution in [0.15, 0.2) is 0 Å². The van der Waals surface area contributed by atoms with Gasteiger partial charge in [-0.3, -0.25) is 9.63 Å². The maximum atomic E-state index is 11.3. The number of hydrogen-bond donors (Lipinski definition) is 2. The number of carbonyl (C=O) groups is 2. The average Bonchev–Trinajstić information content (AvgIpc) is 1.86. The minimum absolute atomic E-state index is 0.849. The Bertz CT molecular complexity index is 160. The molecule has 0 heterocycles. The summed E-state index contributed by atoms with van der Waals surface area (Å²) in [6.45, 7) is -0.849.